The molecule has 4 rings (SSSR count). The van der Waals surface area contributed by atoms with Gasteiger partial charge in [-0.05, 0) is 63.6 Å². The van der Waals surface area contributed by atoms with Gasteiger partial charge in [-0.3, -0.25) is 14.5 Å². The Morgan fingerprint density at radius 1 is 1.03 bits per heavy atom. The van der Waals surface area contributed by atoms with E-state index in [4.69, 9.17) is 4.74 Å². The number of ketones is 1. The van der Waals surface area contributed by atoms with E-state index in [-0.39, 0.29) is 12.3 Å². The summed E-state index contributed by atoms with van der Waals surface area (Å²) in [4.78, 5) is 40.2. The van der Waals surface area contributed by atoms with Crippen LogP contribution < -0.4 is 10.1 Å². The normalized spacial score (nSPS) is 17.9. The molecule has 0 radical (unpaired) electrons. The number of hydrogen-bond acceptors (Lipinski definition) is 4. The zero-order valence-electron chi connectivity index (χ0n) is 19.4. The number of aryl methyl sites for hydroxylation is 2. The van der Waals surface area contributed by atoms with Crippen molar-refractivity contribution in [2.75, 3.05) is 13.7 Å². The van der Waals surface area contributed by atoms with Crippen molar-refractivity contribution in [1.82, 2.24) is 14.8 Å². The Labute approximate surface area is 193 Å². The quantitative estimate of drug-likeness (QED) is 0.458. The van der Waals surface area contributed by atoms with Crippen molar-refractivity contribution in [2.45, 2.75) is 33.2 Å². The number of nitrogens with one attached hydrogen (secondary N) is 1. The zero-order chi connectivity index (χ0) is 23.9. The highest BCUT2D eigenvalue weighted by atomic mass is 16.5. The molecule has 0 spiro atoms. The predicted molar refractivity (Wildman–Crippen MR) is 125 cm³/mol. The topological polar surface area (TPSA) is 80.6 Å². The van der Waals surface area contributed by atoms with E-state index < -0.39 is 17.5 Å². The molecule has 1 atom stereocenters. The Morgan fingerprint density at radius 2 is 1.73 bits per heavy atom. The van der Waals surface area contributed by atoms with Crippen molar-refractivity contribution < 1.29 is 19.1 Å². The van der Waals surface area contributed by atoms with Crippen molar-refractivity contribution in [2.24, 2.45) is 0 Å². The minimum Gasteiger partial charge on any atom is -0.497 e. The molecule has 1 fully saturated rings. The number of carbonyl (C=O) groups excluding carboxylic acids is 3. The van der Waals surface area contributed by atoms with Gasteiger partial charge in [0.2, 0.25) is 0 Å². The van der Waals surface area contributed by atoms with Gasteiger partial charge in [-0.15, -0.1) is 0 Å². The molecule has 0 saturated carbocycles. The number of Topliss-reactive ketones (excluding diaryl/α,β-unsaturated/α-hetero) is 1. The summed E-state index contributed by atoms with van der Waals surface area (Å²) in [5.41, 5.74) is 3.58. The van der Waals surface area contributed by atoms with Crippen LogP contribution in [0.3, 0.4) is 0 Å². The van der Waals surface area contributed by atoms with Crippen molar-refractivity contribution in [3.05, 3.63) is 82.7 Å². The van der Waals surface area contributed by atoms with E-state index in [0.29, 0.717) is 16.9 Å². The molecule has 170 valence electrons. The molecule has 1 aromatic heterocycles. The Bertz CT molecular complexity index is 1260. The molecule has 2 heterocycles. The summed E-state index contributed by atoms with van der Waals surface area (Å²) in [6.07, 6.45) is 0. The minimum atomic E-state index is -1.27. The molecule has 7 nitrogen and oxygen atoms in total. The highest BCUT2D eigenvalue weighted by Crippen LogP contribution is 2.31. The third-order valence-corrected chi connectivity index (χ3v) is 6.25. The average Bonchev–Trinajstić information content (AvgIpc) is 3.22. The van der Waals surface area contributed by atoms with Crippen LogP contribution in [0.15, 0.2) is 54.6 Å². The molecular weight excluding hydrogens is 418 g/mol. The van der Waals surface area contributed by atoms with Gasteiger partial charge in [0.25, 0.3) is 5.91 Å². The first-order valence-corrected chi connectivity index (χ1v) is 10.7. The number of methoxy groups -OCH3 is 1. The van der Waals surface area contributed by atoms with E-state index in [0.717, 1.165) is 27.5 Å². The van der Waals surface area contributed by atoms with E-state index in [1.165, 1.54) is 7.11 Å². The van der Waals surface area contributed by atoms with Crippen LogP contribution >= 0.6 is 0 Å². The molecule has 3 amide bonds. The van der Waals surface area contributed by atoms with E-state index in [2.05, 4.69) is 5.32 Å². The molecule has 0 aliphatic carbocycles. The average molecular weight is 446 g/mol. The second-order valence-electron chi connectivity index (χ2n) is 8.56. The maximum Gasteiger partial charge on any atom is 0.325 e. The number of rotatable bonds is 6. The molecule has 2 aromatic carbocycles. The fourth-order valence-corrected chi connectivity index (χ4v) is 4.34. The fourth-order valence-electron chi connectivity index (χ4n) is 4.34. The van der Waals surface area contributed by atoms with Crippen LogP contribution in [-0.2, 0) is 10.3 Å². The predicted octanol–water partition coefficient (Wildman–Crippen LogP) is 4.06. The van der Waals surface area contributed by atoms with Gasteiger partial charge >= 0.3 is 6.03 Å². The maximum absolute atomic E-state index is 13.3. The van der Waals surface area contributed by atoms with Gasteiger partial charge in [0.1, 0.15) is 11.3 Å². The Hall–Kier alpha value is -3.87. The molecule has 1 aliphatic rings. The number of amides is 3. The van der Waals surface area contributed by atoms with Gasteiger partial charge in [0, 0.05) is 22.6 Å². The Balaban J connectivity index is 1.60. The van der Waals surface area contributed by atoms with E-state index in [1.54, 1.807) is 37.3 Å². The summed E-state index contributed by atoms with van der Waals surface area (Å²) >= 11 is 0. The standard InChI is InChI=1S/C26H27N3O4/c1-16-9-11-20(12-10-16)29-17(2)13-22(18(29)3)23(30)15-28-24(31)26(4,27-25(28)32)19-7-6-8-21(14-19)33-5/h6-14H,15H2,1-5H3,(H,27,32)/t26-/m1/s1. The number of aromatic nitrogens is 1. The first-order chi connectivity index (χ1) is 15.7. The minimum absolute atomic E-state index is 0.292. The number of hydrogen-bond donors (Lipinski definition) is 1. The van der Waals surface area contributed by atoms with E-state index >= 15 is 0 Å². The summed E-state index contributed by atoms with van der Waals surface area (Å²) < 4.78 is 7.25. The van der Waals surface area contributed by atoms with E-state index in [9.17, 15) is 14.4 Å². The Morgan fingerprint density at radius 3 is 2.39 bits per heavy atom. The number of urea groups is 1. The lowest BCUT2D eigenvalue weighted by atomic mass is 9.92. The van der Waals surface area contributed by atoms with Gasteiger partial charge in [-0.2, -0.15) is 0 Å². The summed E-state index contributed by atoms with van der Waals surface area (Å²) in [6.45, 7) is 7.12. The number of ether oxygens (including phenoxy) is 1. The summed E-state index contributed by atoms with van der Waals surface area (Å²) in [5, 5.41) is 2.74. The molecule has 1 saturated heterocycles. The number of nitrogens with zero attached hydrogens (tertiary/aromatic N) is 2. The molecule has 0 bridgehead atoms. The largest absolute Gasteiger partial charge is 0.497 e. The van der Waals surface area contributed by atoms with Crippen LogP contribution in [0.25, 0.3) is 5.69 Å². The van der Waals surface area contributed by atoms with Gasteiger partial charge in [-0.1, -0.05) is 29.8 Å². The summed E-state index contributed by atoms with van der Waals surface area (Å²) in [5.74, 6) is -0.185. The maximum atomic E-state index is 13.3. The number of benzene rings is 2. The van der Waals surface area contributed by atoms with Crippen LogP contribution in [0.1, 0.15) is 39.8 Å². The third-order valence-electron chi connectivity index (χ3n) is 6.25. The smallest absolute Gasteiger partial charge is 0.325 e. The SMILES string of the molecule is COc1cccc([C@@]2(C)NC(=O)N(CC(=O)c3cc(C)n(-c4ccc(C)cc4)c3C)C2=O)c1. The lowest BCUT2D eigenvalue weighted by Gasteiger charge is -2.22. The molecule has 1 N–H and O–H groups in total. The zero-order valence-corrected chi connectivity index (χ0v) is 19.4. The molecule has 3 aromatic rings. The molecule has 1 aliphatic heterocycles. The van der Waals surface area contributed by atoms with Crippen molar-refractivity contribution in [3.8, 4) is 11.4 Å². The lowest BCUT2D eigenvalue weighted by Crippen LogP contribution is -2.41. The van der Waals surface area contributed by atoms with Gasteiger partial charge in [0.15, 0.2) is 5.78 Å². The highest BCUT2D eigenvalue weighted by Gasteiger charge is 2.49. The molecule has 0 unspecified atom stereocenters. The van der Waals surface area contributed by atoms with Gasteiger partial charge in [0.05, 0.1) is 13.7 Å². The molecule has 33 heavy (non-hydrogen) atoms. The first kappa shape index (κ1) is 22.3. The van der Waals surface area contributed by atoms with Gasteiger partial charge < -0.3 is 14.6 Å². The monoisotopic (exact) mass is 445 g/mol. The summed E-state index contributed by atoms with van der Waals surface area (Å²) in [7, 11) is 1.54. The van der Waals surface area contributed by atoms with Crippen molar-refractivity contribution in [3.63, 3.8) is 0 Å². The van der Waals surface area contributed by atoms with Crippen molar-refractivity contribution >= 4 is 17.7 Å². The third kappa shape index (κ3) is 3.80. The van der Waals surface area contributed by atoms with Crippen molar-refractivity contribution in [1.29, 1.82) is 0 Å². The number of imide groups is 1. The molecular formula is C26H27N3O4. The first-order valence-electron chi connectivity index (χ1n) is 10.7. The van der Waals surface area contributed by atoms with Crippen LogP contribution in [0.2, 0.25) is 0 Å². The van der Waals surface area contributed by atoms with Crippen LogP contribution in [-0.4, -0.2) is 40.8 Å². The lowest BCUT2D eigenvalue weighted by molar-refractivity contribution is -0.130. The molecule has 7 heteroatoms. The second kappa shape index (κ2) is 8.24. The summed E-state index contributed by atoms with van der Waals surface area (Å²) in [6, 6.07) is 16.2. The Kier molecular flexibility index (Phi) is 5.57. The van der Waals surface area contributed by atoms with Crippen LogP contribution in [0.5, 0.6) is 5.75 Å². The van der Waals surface area contributed by atoms with Crippen LogP contribution in [0, 0.1) is 20.8 Å². The van der Waals surface area contributed by atoms with Crippen LogP contribution in [0.4, 0.5) is 4.79 Å². The van der Waals surface area contributed by atoms with E-state index in [1.807, 2.05) is 49.6 Å². The number of carbonyl (C=O) groups is 3. The second-order valence-corrected chi connectivity index (χ2v) is 8.56. The van der Waals surface area contributed by atoms with Gasteiger partial charge in [-0.25, -0.2) is 4.79 Å². The fraction of sp³-hybridized carbons (Fsp3) is 0.269. The highest BCUT2D eigenvalue weighted by molar-refractivity contribution is 6.11.